The van der Waals surface area contributed by atoms with Gasteiger partial charge in [0.15, 0.2) is 0 Å². The minimum Gasteiger partial charge on any atom is -0.351 e. The summed E-state index contributed by atoms with van der Waals surface area (Å²) in [5.41, 5.74) is 2.91. The van der Waals surface area contributed by atoms with Crippen molar-refractivity contribution in [1.82, 2.24) is 10.2 Å². The van der Waals surface area contributed by atoms with Gasteiger partial charge in [0.25, 0.3) is 5.91 Å². The molecule has 1 spiro atoms. The van der Waals surface area contributed by atoms with Crippen molar-refractivity contribution in [3.63, 3.8) is 0 Å². The van der Waals surface area contributed by atoms with Crippen LogP contribution in [0, 0.1) is 0 Å². The van der Waals surface area contributed by atoms with Crippen LogP contribution in [0.1, 0.15) is 6.42 Å². The molecule has 1 unspecified atom stereocenters. The van der Waals surface area contributed by atoms with Crippen LogP contribution in [0.2, 0.25) is 0 Å². The van der Waals surface area contributed by atoms with E-state index < -0.39 is 0 Å². The molecule has 4 nitrogen and oxygen atoms in total. The fraction of sp³-hybridized carbons (Fsp3) is 0.375. The van der Waals surface area contributed by atoms with Crippen molar-refractivity contribution < 1.29 is 4.79 Å². The molecule has 1 amide bonds. The summed E-state index contributed by atoms with van der Waals surface area (Å²) < 4.78 is -0.183. The van der Waals surface area contributed by atoms with Crippen molar-refractivity contribution in [2.45, 2.75) is 11.2 Å². The Hall–Kier alpha value is -1.30. The molecule has 6 heteroatoms. The number of allylic oxidation sites excluding steroid dienone is 4. The maximum atomic E-state index is 12.4. The lowest BCUT2D eigenvalue weighted by Gasteiger charge is -2.33. The van der Waals surface area contributed by atoms with Gasteiger partial charge in [-0.15, -0.1) is 24.2 Å². The summed E-state index contributed by atoms with van der Waals surface area (Å²) in [6.45, 7) is 1.50. The number of hydrogen-bond donors (Lipinski definition) is 1. The molecular formula is C16H20ClN3OS. The number of dihydropyridines is 1. The molecule has 2 heterocycles. The minimum atomic E-state index is -0.183. The Morgan fingerprint density at radius 3 is 3.05 bits per heavy atom. The third-order valence-corrected chi connectivity index (χ3v) is 5.21. The smallest absolute Gasteiger partial charge is 0.252 e. The van der Waals surface area contributed by atoms with Gasteiger partial charge in [-0.2, -0.15) is 0 Å². The Morgan fingerprint density at radius 1 is 1.45 bits per heavy atom. The van der Waals surface area contributed by atoms with E-state index in [-0.39, 0.29) is 23.1 Å². The lowest BCUT2D eigenvalue weighted by Crippen LogP contribution is -2.35. The highest BCUT2D eigenvalue weighted by Crippen LogP contribution is 2.54. The molecule has 0 saturated heterocycles. The van der Waals surface area contributed by atoms with Gasteiger partial charge in [0.1, 0.15) is 0 Å². The van der Waals surface area contributed by atoms with E-state index in [0.29, 0.717) is 6.54 Å². The highest BCUT2D eigenvalue weighted by molar-refractivity contribution is 8.04. The van der Waals surface area contributed by atoms with Gasteiger partial charge in [0.2, 0.25) is 0 Å². The van der Waals surface area contributed by atoms with Crippen molar-refractivity contribution in [2.75, 3.05) is 27.2 Å². The van der Waals surface area contributed by atoms with E-state index in [1.54, 1.807) is 18.0 Å². The SMILES string of the molecule is CN(C)CCNC(=O)C1=CSC23CC=CC=C2N=CC=C13.Cl. The first-order valence-corrected chi connectivity index (χ1v) is 7.95. The molecule has 1 aliphatic carbocycles. The summed E-state index contributed by atoms with van der Waals surface area (Å²) in [6.07, 6.45) is 10.9. The molecule has 3 aliphatic rings. The minimum absolute atomic E-state index is 0. The van der Waals surface area contributed by atoms with E-state index in [1.807, 2.05) is 37.7 Å². The van der Waals surface area contributed by atoms with Gasteiger partial charge >= 0.3 is 0 Å². The fourth-order valence-electron chi connectivity index (χ4n) is 2.72. The molecule has 0 radical (unpaired) electrons. The maximum Gasteiger partial charge on any atom is 0.252 e. The Labute approximate surface area is 141 Å². The van der Waals surface area contributed by atoms with Crippen LogP contribution in [0.4, 0.5) is 0 Å². The number of hydrogen-bond acceptors (Lipinski definition) is 4. The third-order valence-electron chi connectivity index (χ3n) is 3.86. The van der Waals surface area contributed by atoms with Crippen molar-refractivity contribution in [1.29, 1.82) is 0 Å². The average molecular weight is 338 g/mol. The third kappa shape index (κ3) is 2.93. The zero-order valence-corrected chi connectivity index (χ0v) is 14.3. The Morgan fingerprint density at radius 2 is 2.27 bits per heavy atom. The quantitative estimate of drug-likeness (QED) is 0.856. The molecule has 0 bridgehead atoms. The second-order valence-corrected chi connectivity index (χ2v) is 6.75. The summed E-state index contributed by atoms with van der Waals surface area (Å²) in [5.74, 6) is 0.0108. The number of rotatable bonds is 4. The number of amides is 1. The first-order valence-electron chi connectivity index (χ1n) is 7.07. The average Bonchev–Trinajstić information content (AvgIpc) is 2.84. The molecule has 1 atom stereocenters. The molecule has 0 fully saturated rings. The second-order valence-electron chi connectivity index (χ2n) is 5.58. The van der Waals surface area contributed by atoms with Crippen LogP contribution in [0.25, 0.3) is 0 Å². The number of aliphatic imine (C=N–C) groups is 1. The fourth-order valence-corrected chi connectivity index (χ4v) is 4.01. The zero-order chi connectivity index (χ0) is 14.9. The molecule has 0 aromatic rings. The molecule has 0 aromatic heterocycles. The van der Waals surface area contributed by atoms with Gasteiger partial charge in [-0.1, -0.05) is 12.2 Å². The standard InChI is InChI=1S/C16H19N3OS.ClH/c1-19(2)10-9-18-15(20)12-11-21-16-7-4-3-5-14(16)17-8-6-13(12)16;/h3-6,8,11H,7,9-10H2,1-2H3,(H,18,20);1H. The Bertz CT molecular complexity index is 619. The van der Waals surface area contributed by atoms with Crippen molar-refractivity contribution in [3.05, 3.63) is 46.6 Å². The van der Waals surface area contributed by atoms with Crippen LogP contribution in [-0.4, -0.2) is 49.0 Å². The molecule has 118 valence electrons. The maximum absolute atomic E-state index is 12.4. The Kier molecular flexibility index (Phi) is 5.32. The largest absolute Gasteiger partial charge is 0.351 e. The van der Waals surface area contributed by atoms with E-state index in [0.717, 1.165) is 29.8 Å². The van der Waals surface area contributed by atoms with Crippen LogP contribution in [0.15, 0.2) is 51.5 Å². The number of carbonyl (C=O) groups is 1. The topological polar surface area (TPSA) is 44.7 Å². The first-order chi connectivity index (χ1) is 10.1. The van der Waals surface area contributed by atoms with Crippen LogP contribution in [0.5, 0.6) is 0 Å². The number of carbonyl (C=O) groups excluding carboxylic acids is 1. The van der Waals surface area contributed by atoms with Gasteiger partial charge in [0, 0.05) is 19.3 Å². The number of likely N-dealkylation sites (N-methyl/N-ethyl adjacent to an activating group) is 1. The number of nitrogens with zero attached hydrogens (tertiary/aromatic N) is 2. The Balaban J connectivity index is 0.00000176. The van der Waals surface area contributed by atoms with Crippen LogP contribution in [-0.2, 0) is 4.79 Å². The summed E-state index contributed by atoms with van der Waals surface area (Å²) >= 11 is 1.70. The number of halogens is 1. The van der Waals surface area contributed by atoms with Gasteiger partial charge in [-0.25, -0.2) is 0 Å². The van der Waals surface area contributed by atoms with Crippen LogP contribution >= 0.6 is 24.2 Å². The van der Waals surface area contributed by atoms with Crippen LogP contribution < -0.4 is 5.32 Å². The van der Waals surface area contributed by atoms with Crippen LogP contribution in [0.3, 0.4) is 0 Å². The first kappa shape index (κ1) is 17.1. The molecule has 3 rings (SSSR count). The van der Waals surface area contributed by atoms with Crippen molar-refractivity contribution in [2.24, 2.45) is 4.99 Å². The second kappa shape index (κ2) is 6.86. The molecule has 1 N–H and O–H groups in total. The summed E-state index contributed by atoms with van der Waals surface area (Å²) in [5, 5.41) is 4.98. The predicted molar refractivity (Wildman–Crippen MR) is 95.6 cm³/mol. The molecular weight excluding hydrogens is 318 g/mol. The molecule has 0 aromatic carbocycles. The molecule has 22 heavy (non-hydrogen) atoms. The van der Waals surface area contributed by atoms with E-state index in [1.165, 1.54) is 0 Å². The lowest BCUT2D eigenvalue weighted by atomic mass is 9.83. The van der Waals surface area contributed by atoms with E-state index >= 15 is 0 Å². The number of thioether (sulfide) groups is 1. The van der Waals surface area contributed by atoms with Crippen molar-refractivity contribution in [3.8, 4) is 0 Å². The lowest BCUT2D eigenvalue weighted by molar-refractivity contribution is -0.117. The van der Waals surface area contributed by atoms with Gasteiger partial charge in [0.05, 0.1) is 16.0 Å². The predicted octanol–water partition coefficient (Wildman–Crippen LogP) is 2.31. The summed E-state index contributed by atoms with van der Waals surface area (Å²) in [7, 11) is 3.99. The van der Waals surface area contributed by atoms with Gasteiger partial charge in [-0.05, 0) is 43.6 Å². The highest BCUT2D eigenvalue weighted by Gasteiger charge is 2.46. The van der Waals surface area contributed by atoms with Crippen molar-refractivity contribution >= 4 is 36.3 Å². The normalized spacial score (nSPS) is 24.8. The zero-order valence-electron chi connectivity index (χ0n) is 12.7. The van der Waals surface area contributed by atoms with Gasteiger partial charge < -0.3 is 10.2 Å². The van der Waals surface area contributed by atoms with E-state index in [4.69, 9.17) is 0 Å². The monoisotopic (exact) mass is 337 g/mol. The highest BCUT2D eigenvalue weighted by atomic mass is 35.5. The summed E-state index contributed by atoms with van der Waals surface area (Å²) in [6, 6.07) is 0. The van der Waals surface area contributed by atoms with E-state index in [2.05, 4.69) is 21.3 Å². The number of nitrogens with one attached hydrogen (secondary N) is 1. The van der Waals surface area contributed by atoms with Gasteiger partial charge in [-0.3, -0.25) is 9.79 Å². The molecule has 2 aliphatic heterocycles. The molecule has 0 saturated carbocycles. The summed E-state index contributed by atoms with van der Waals surface area (Å²) in [4.78, 5) is 19.0. The van der Waals surface area contributed by atoms with E-state index in [9.17, 15) is 4.79 Å².